The molecule has 0 aromatic carbocycles. The molecule has 2 heteroatoms. The van der Waals surface area contributed by atoms with Crippen LogP contribution in [0.15, 0.2) is 23.8 Å². The second-order valence-corrected chi connectivity index (χ2v) is 8.55. The van der Waals surface area contributed by atoms with E-state index in [1.54, 1.807) is 6.08 Å². The molecule has 1 unspecified atom stereocenters. The predicted molar refractivity (Wildman–Crippen MR) is 86.2 cm³/mol. The molecule has 0 aliphatic heterocycles. The summed E-state index contributed by atoms with van der Waals surface area (Å²) in [6, 6.07) is 0. The number of rotatable bonds is 0. The number of hydrogen-bond donors (Lipinski definition) is 0. The van der Waals surface area contributed by atoms with Gasteiger partial charge in [-0.05, 0) is 61.5 Å². The average Bonchev–Trinajstić information content (AvgIpc) is 2.77. The quantitative estimate of drug-likeness (QED) is 0.674. The van der Waals surface area contributed by atoms with Crippen molar-refractivity contribution in [3.8, 4) is 0 Å². The van der Waals surface area contributed by atoms with E-state index in [1.807, 2.05) is 6.08 Å². The summed E-state index contributed by atoms with van der Waals surface area (Å²) in [5.74, 6) is 2.91. The molecule has 118 valence electrons. The number of allylic oxidation sites excluding steroid dienone is 4. The molecule has 0 bridgehead atoms. The van der Waals surface area contributed by atoms with Crippen LogP contribution in [0.25, 0.3) is 0 Å². The Hall–Kier alpha value is -1.18. The van der Waals surface area contributed by atoms with Crippen LogP contribution in [0, 0.1) is 34.5 Å². The second-order valence-electron chi connectivity index (χ2n) is 8.55. The molecule has 4 aliphatic carbocycles. The Morgan fingerprint density at radius 1 is 1.14 bits per heavy atom. The van der Waals surface area contributed by atoms with Gasteiger partial charge in [-0.1, -0.05) is 32.4 Å². The van der Waals surface area contributed by atoms with Crippen molar-refractivity contribution in [2.45, 2.75) is 52.9 Å². The summed E-state index contributed by atoms with van der Waals surface area (Å²) < 4.78 is 0. The molecule has 0 heterocycles. The van der Waals surface area contributed by atoms with Crippen molar-refractivity contribution in [1.29, 1.82) is 0 Å². The first-order chi connectivity index (χ1) is 10.4. The Labute approximate surface area is 133 Å². The minimum atomic E-state index is -0.0628. The summed E-state index contributed by atoms with van der Waals surface area (Å²) in [6.07, 6.45) is 11.0. The van der Waals surface area contributed by atoms with E-state index in [4.69, 9.17) is 0 Å². The standard InChI is InChI=1S/C20H26O2/c1-12-10-14-15-4-5-18(22)20(15,3)9-7-16(14)19(2)8-6-13(21)11-17(12)19/h6,8,11-12,14-16H,4-5,7,9-10H2,1-3H3/t12?,14-,15-,16-,19+,20-/m0/s1. The molecule has 4 rings (SSSR count). The van der Waals surface area contributed by atoms with Crippen LogP contribution in [-0.2, 0) is 9.59 Å². The molecule has 6 atom stereocenters. The van der Waals surface area contributed by atoms with Gasteiger partial charge < -0.3 is 0 Å². The Morgan fingerprint density at radius 3 is 2.68 bits per heavy atom. The Morgan fingerprint density at radius 2 is 1.91 bits per heavy atom. The van der Waals surface area contributed by atoms with Gasteiger partial charge in [0.25, 0.3) is 0 Å². The van der Waals surface area contributed by atoms with Gasteiger partial charge in [0.15, 0.2) is 5.78 Å². The SMILES string of the molecule is CC1C[C@@H]2[C@H](CC[C@]3(C)C(=O)CC[C@@H]23)[C@@]2(C)C=CC(=O)C=C12. The predicted octanol–water partition coefficient (Wildman–Crippen LogP) is 4.11. The number of carbonyl (C=O) groups excluding carboxylic acids is 2. The molecule has 2 nitrogen and oxygen atoms in total. The number of ketones is 2. The van der Waals surface area contributed by atoms with Crippen molar-refractivity contribution in [2.75, 3.05) is 0 Å². The van der Waals surface area contributed by atoms with Gasteiger partial charge in [0.05, 0.1) is 0 Å². The van der Waals surface area contributed by atoms with Crippen molar-refractivity contribution in [1.82, 2.24) is 0 Å². The highest BCUT2D eigenvalue weighted by molar-refractivity contribution is 6.01. The number of Topliss-reactive ketones (excluding diaryl/α,β-unsaturated/α-hetero) is 1. The van der Waals surface area contributed by atoms with E-state index in [9.17, 15) is 9.59 Å². The fourth-order valence-electron chi connectivity index (χ4n) is 6.39. The van der Waals surface area contributed by atoms with Crippen LogP contribution in [0.4, 0.5) is 0 Å². The molecule has 3 saturated carbocycles. The normalized spacial score (nSPS) is 50.2. The van der Waals surface area contributed by atoms with E-state index >= 15 is 0 Å². The van der Waals surface area contributed by atoms with Crippen LogP contribution in [-0.4, -0.2) is 11.6 Å². The summed E-state index contributed by atoms with van der Waals surface area (Å²) in [5, 5.41) is 0. The average molecular weight is 298 g/mol. The molecule has 0 amide bonds. The third-order valence-electron chi connectivity index (χ3n) is 7.59. The molecular formula is C20H26O2. The van der Waals surface area contributed by atoms with E-state index in [2.05, 4.69) is 26.8 Å². The van der Waals surface area contributed by atoms with Crippen molar-refractivity contribution in [3.63, 3.8) is 0 Å². The Balaban J connectivity index is 1.76. The lowest BCUT2D eigenvalue weighted by Crippen LogP contribution is -2.51. The van der Waals surface area contributed by atoms with Crippen molar-refractivity contribution in [2.24, 2.45) is 34.5 Å². The third kappa shape index (κ3) is 1.67. The monoisotopic (exact) mass is 298 g/mol. The molecular weight excluding hydrogens is 272 g/mol. The molecule has 0 spiro atoms. The van der Waals surface area contributed by atoms with Crippen LogP contribution < -0.4 is 0 Å². The summed E-state index contributed by atoms with van der Waals surface area (Å²) in [6.45, 7) is 6.83. The maximum absolute atomic E-state index is 12.4. The number of hydrogen-bond acceptors (Lipinski definition) is 2. The van der Waals surface area contributed by atoms with Crippen LogP contribution in [0.5, 0.6) is 0 Å². The highest BCUT2D eigenvalue weighted by Crippen LogP contribution is 2.64. The molecule has 0 saturated heterocycles. The van der Waals surface area contributed by atoms with Crippen LogP contribution in [0.3, 0.4) is 0 Å². The first-order valence-corrected chi connectivity index (χ1v) is 8.85. The zero-order chi connectivity index (χ0) is 15.7. The van der Waals surface area contributed by atoms with E-state index in [-0.39, 0.29) is 16.6 Å². The maximum Gasteiger partial charge on any atom is 0.178 e. The molecule has 0 aromatic heterocycles. The van der Waals surface area contributed by atoms with Gasteiger partial charge in [-0.3, -0.25) is 9.59 Å². The Bertz CT molecular complexity index is 613. The van der Waals surface area contributed by atoms with Crippen LogP contribution >= 0.6 is 0 Å². The fraction of sp³-hybridized carbons (Fsp3) is 0.700. The lowest BCUT2D eigenvalue weighted by molar-refractivity contribution is -0.132. The number of carbonyl (C=O) groups is 2. The molecule has 22 heavy (non-hydrogen) atoms. The van der Waals surface area contributed by atoms with Gasteiger partial charge in [-0.2, -0.15) is 0 Å². The van der Waals surface area contributed by atoms with E-state index in [0.717, 1.165) is 32.1 Å². The van der Waals surface area contributed by atoms with Gasteiger partial charge >= 0.3 is 0 Å². The fourth-order valence-corrected chi connectivity index (χ4v) is 6.39. The summed E-state index contributed by atoms with van der Waals surface area (Å²) in [5.41, 5.74) is 1.31. The summed E-state index contributed by atoms with van der Waals surface area (Å²) in [7, 11) is 0. The molecule has 0 N–H and O–H groups in total. The lowest BCUT2D eigenvalue weighted by atomic mass is 9.47. The summed E-state index contributed by atoms with van der Waals surface area (Å²) >= 11 is 0. The minimum Gasteiger partial charge on any atom is -0.299 e. The molecule has 0 aromatic rings. The summed E-state index contributed by atoms with van der Waals surface area (Å²) in [4.78, 5) is 24.3. The highest BCUT2D eigenvalue weighted by atomic mass is 16.1. The van der Waals surface area contributed by atoms with Gasteiger partial charge in [0.2, 0.25) is 0 Å². The van der Waals surface area contributed by atoms with E-state index < -0.39 is 0 Å². The van der Waals surface area contributed by atoms with Crippen LogP contribution in [0.1, 0.15) is 52.9 Å². The maximum atomic E-state index is 12.4. The highest BCUT2D eigenvalue weighted by Gasteiger charge is 2.59. The third-order valence-corrected chi connectivity index (χ3v) is 7.59. The van der Waals surface area contributed by atoms with E-state index in [1.165, 1.54) is 5.57 Å². The van der Waals surface area contributed by atoms with Crippen LogP contribution in [0.2, 0.25) is 0 Å². The molecule has 3 fully saturated rings. The first kappa shape index (κ1) is 14.4. The lowest BCUT2D eigenvalue weighted by Gasteiger charge is -2.57. The van der Waals surface area contributed by atoms with Gasteiger partial charge in [0.1, 0.15) is 5.78 Å². The van der Waals surface area contributed by atoms with Crippen molar-refractivity contribution >= 4 is 11.6 Å². The zero-order valence-electron chi connectivity index (χ0n) is 13.9. The first-order valence-electron chi connectivity index (χ1n) is 8.85. The zero-order valence-corrected chi connectivity index (χ0v) is 13.9. The number of fused-ring (bicyclic) bond motifs is 5. The largest absolute Gasteiger partial charge is 0.299 e. The van der Waals surface area contributed by atoms with Gasteiger partial charge in [-0.25, -0.2) is 0 Å². The van der Waals surface area contributed by atoms with Crippen molar-refractivity contribution in [3.05, 3.63) is 23.8 Å². The second kappa shape index (κ2) is 4.43. The topological polar surface area (TPSA) is 34.1 Å². The minimum absolute atomic E-state index is 0.0310. The molecule has 4 aliphatic rings. The van der Waals surface area contributed by atoms with Gasteiger partial charge in [-0.15, -0.1) is 0 Å². The van der Waals surface area contributed by atoms with Crippen molar-refractivity contribution < 1.29 is 9.59 Å². The Kier molecular flexibility index (Phi) is 2.90. The smallest absolute Gasteiger partial charge is 0.178 e. The van der Waals surface area contributed by atoms with E-state index in [0.29, 0.717) is 29.5 Å². The van der Waals surface area contributed by atoms with Gasteiger partial charge in [0, 0.05) is 17.3 Å². The molecule has 0 radical (unpaired) electrons.